The molecule has 0 N–H and O–H groups in total. The van der Waals surface area contributed by atoms with E-state index in [1.807, 2.05) is 0 Å². The van der Waals surface area contributed by atoms with Crippen LogP contribution in [0.4, 0.5) is 0 Å². The molecule has 3 nitrogen and oxygen atoms in total. The van der Waals surface area contributed by atoms with Gasteiger partial charge in [0.1, 0.15) is 0 Å². The first-order chi connectivity index (χ1) is 14.7. The second-order valence-electron chi connectivity index (χ2n) is 10.9. The molecule has 0 bridgehead atoms. The third-order valence-corrected chi connectivity index (χ3v) is 11.5. The molecule has 0 saturated carbocycles. The highest BCUT2D eigenvalue weighted by Gasteiger charge is 2.36. The number of hydrogen-bond acceptors (Lipinski definition) is 3. The topological polar surface area (TPSA) is 35.5 Å². The van der Waals surface area contributed by atoms with E-state index in [0.717, 1.165) is 45.1 Å². The highest BCUT2D eigenvalue weighted by molar-refractivity contribution is 6.74. The zero-order valence-corrected chi connectivity index (χ0v) is 23.3. The van der Waals surface area contributed by atoms with Gasteiger partial charge in [-0.1, -0.05) is 98.8 Å². The van der Waals surface area contributed by atoms with Crippen molar-refractivity contribution in [3.8, 4) is 0 Å². The summed E-state index contributed by atoms with van der Waals surface area (Å²) in [7, 11) is -1.63. The van der Waals surface area contributed by atoms with Crippen LogP contribution in [0.5, 0.6) is 0 Å². The average Bonchev–Trinajstić information content (AvgIpc) is 2.70. The van der Waals surface area contributed by atoms with Gasteiger partial charge in [0.2, 0.25) is 0 Å². The van der Waals surface area contributed by atoms with Crippen molar-refractivity contribution in [2.24, 2.45) is 5.92 Å². The molecule has 186 valence electrons. The lowest BCUT2D eigenvalue weighted by Gasteiger charge is -2.36. The Balaban J connectivity index is 4.10. The van der Waals surface area contributed by atoms with E-state index in [1.165, 1.54) is 57.8 Å². The van der Waals surface area contributed by atoms with E-state index < -0.39 is 8.32 Å². The quantitative estimate of drug-likeness (QED) is 0.104. The summed E-state index contributed by atoms with van der Waals surface area (Å²) >= 11 is 0. The van der Waals surface area contributed by atoms with Crippen molar-refractivity contribution in [3.05, 3.63) is 0 Å². The maximum Gasteiger partial charge on any atom is 0.308 e. The molecular weight excluding hydrogens is 400 g/mol. The van der Waals surface area contributed by atoms with Crippen LogP contribution in [0.15, 0.2) is 0 Å². The van der Waals surface area contributed by atoms with Crippen LogP contribution < -0.4 is 0 Å². The zero-order chi connectivity index (χ0) is 23.6. The largest absolute Gasteiger partial charge is 0.465 e. The molecule has 0 aromatic rings. The first kappa shape index (κ1) is 30.6. The van der Waals surface area contributed by atoms with E-state index in [-0.39, 0.29) is 16.9 Å². The molecule has 0 heterocycles. The van der Waals surface area contributed by atoms with Crippen LogP contribution in [-0.2, 0) is 14.0 Å². The second kappa shape index (κ2) is 18.1. The molecular formula is C27H56O3Si. The summed E-state index contributed by atoms with van der Waals surface area (Å²) in [5.41, 5.74) is 0. The number of carbonyl (C=O) groups is 1. The Kier molecular flexibility index (Phi) is 17.9. The standard InChI is InChI=1S/C27H56O3Si/c1-8-10-12-14-15-18-22-25(21-17-13-11-9-2)26(28)29-23-19-16-20-24-30-31(6,7)27(3,4)5/h25H,8-24H2,1-7H3. The van der Waals surface area contributed by atoms with Gasteiger partial charge in [-0.3, -0.25) is 4.79 Å². The lowest BCUT2D eigenvalue weighted by Crippen LogP contribution is -2.40. The van der Waals surface area contributed by atoms with Gasteiger partial charge >= 0.3 is 5.97 Å². The van der Waals surface area contributed by atoms with E-state index >= 15 is 0 Å². The van der Waals surface area contributed by atoms with E-state index in [1.54, 1.807) is 0 Å². The number of carbonyl (C=O) groups excluding carboxylic acids is 1. The molecule has 0 fully saturated rings. The molecule has 31 heavy (non-hydrogen) atoms. The van der Waals surface area contributed by atoms with Crippen molar-refractivity contribution < 1.29 is 14.0 Å². The minimum absolute atomic E-state index is 0.0579. The lowest BCUT2D eigenvalue weighted by molar-refractivity contribution is -0.149. The molecule has 0 aliphatic carbocycles. The summed E-state index contributed by atoms with van der Waals surface area (Å²) < 4.78 is 11.9. The Morgan fingerprint density at radius 3 is 1.71 bits per heavy atom. The lowest BCUT2D eigenvalue weighted by atomic mass is 9.94. The van der Waals surface area contributed by atoms with Gasteiger partial charge in [0, 0.05) is 6.61 Å². The molecule has 0 radical (unpaired) electrons. The van der Waals surface area contributed by atoms with Crippen molar-refractivity contribution in [1.82, 2.24) is 0 Å². The summed E-state index contributed by atoms with van der Waals surface area (Å²) in [6, 6.07) is 0. The summed E-state index contributed by atoms with van der Waals surface area (Å²) in [5.74, 6) is 0.174. The summed E-state index contributed by atoms with van der Waals surface area (Å²) in [6.07, 6.45) is 17.7. The predicted octanol–water partition coefficient (Wildman–Crippen LogP) is 9.06. The number of esters is 1. The Morgan fingerprint density at radius 1 is 0.710 bits per heavy atom. The highest BCUT2D eigenvalue weighted by Crippen LogP contribution is 2.36. The van der Waals surface area contributed by atoms with Gasteiger partial charge in [0.05, 0.1) is 12.5 Å². The fraction of sp³-hybridized carbons (Fsp3) is 0.963. The molecule has 0 aliphatic rings. The fourth-order valence-corrected chi connectivity index (χ4v) is 4.67. The summed E-state index contributed by atoms with van der Waals surface area (Å²) in [5, 5.41) is 0.269. The predicted molar refractivity (Wildman–Crippen MR) is 138 cm³/mol. The molecule has 1 unspecified atom stereocenters. The van der Waals surface area contributed by atoms with Crippen LogP contribution in [0.2, 0.25) is 18.1 Å². The van der Waals surface area contributed by atoms with Crippen LogP contribution in [0.3, 0.4) is 0 Å². The summed E-state index contributed by atoms with van der Waals surface area (Å²) in [4.78, 5) is 12.7. The van der Waals surface area contributed by atoms with Gasteiger partial charge in [-0.25, -0.2) is 0 Å². The minimum atomic E-state index is -1.63. The van der Waals surface area contributed by atoms with Gasteiger partial charge in [-0.15, -0.1) is 0 Å². The SMILES string of the molecule is CCCCCCCCC(CCCCCC)C(=O)OCCCCCO[Si](C)(C)C(C)(C)C. The number of rotatable bonds is 20. The molecule has 0 aliphatic heterocycles. The Hall–Kier alpha value is -0.353. The van der Waals surface area contributed by atoms with E-state index in [0.29, 0.717) is 6.61 Å². The van der Waals surface area contributed by atoms with E-state index in [9.17, 15) is 4.79 Å². The maximum absolute atomic E-state index is 12.7. The Morgan fingerprint density at radius 2 is 1.16 bits per heavy atom. The van der Waals surface area contributed by atoms with Gasteiger partial charge in [-0.05, 0) is 50.2 Å². The fourth-order valence-electron chi connectivity index (χ4n) is 3.58. The highest BCUT2D eigenvalue weighted by atomic mass is 28.4. The van der Waals surface area contributed by atoms with Gasteiger partial charge < -0.3 is 9.16 Å². The van der Waals surface area contributed by atoms with Gasteiger partial charge in [0.25, 0.3) is 0 Å². The zero-order valence-electron chi connectivity index (χ0n) is 22.3. The minimum Gasteiger partial charge on any atom is -0.465 e. The van der Waals surface area contributed by atoms with Gasteiger partial charge in [0.15, 0.2) is 8.32 Å². The van der Waals surface area contributed by atoms with E-state index in [4.69, 9.17) is 9.16 Å². The molecule has 0 aromatic carbocycles. The third kappa shape index (κ3) is 16.0. The van der Waals surface area contributed by atoms with Gasteiger partial charge in [-0.2, -0.15) is 0 Å². The van der Waals surface area contributed by atoms with Crippen molar-refractivity contribution >= 4 is 14.3 Å². The van der Waals surface area contributed by atoms with Crippen LogP contribution in [0.25, 0.3) is 0 Å². The van der Waals surface area contributed by atoms with Crippen molar-refractivity contribution in [3.63, 3.8) is 0 Å². The van der Waals surface area contributed by atoms with E-state index in [2.05, 4.69) is 47.7 Å². The van der Waals surface area contributed by atoms with Crippen LogP contribution >= 0.6 is 0 Å². The van der Waals surface area contributed by atoms with Crippen molar-refractivity contribution in [2.75, 3.05) is 13.2 Å². The normalized spacial score (nSPS) is 13.4. The molecule has 0 rings (SSSR count). The molecule has 0 spiro atoms. The maximum atomic E-state index is 12.7. The summed E-state index contributed by atoms with van der Waals surface area (Å²) in [6.45, 7) is 17.3. The van der Waals surface area contributed by atoms with Crippen molar-refractivity contribution in [1.29, 1.82) is 0 Å². The van der Waals surface area contributed by atoms with Crippen LogP contribution in [0.1, 0.15) is 131 Å². The monoisotopic (exact) mass is 456 g/mol. The number of hydrogen-bond donors (Lipinski definition) is 0. The molecule has 0 amide bonds. The first-order valence-electron chi connectivity index (χ1n) is 13.5. The van der Waals surface area contributed by atoms with Crippen LogP contribution in [0, 0.1) is 5.92 Å². The number of unbranched alkanes of at least 4 members (excludes halogenated alkanes) is 10. The molecule has 0 saturated heterocycles. The Bertz CT molecular complexity index is 429. The average molecular weight is 457 g/mol. The van der Waals surface area contributed by atoms with Crippen LogP contribution in [-0.4, -0.2) is 27.5 Å². The smallest absolute Gasteiger partial charge is 0.308 e. The van der Waals surface area contributed by atoms with Crippen molar-refractivity contribution in [2.45, 2.75) is 149 Å². The first-order valence-corrected chi connectivity index (χ1v) is 16.4. The second-order valence-corrected chi connectivity index (χ2v) is 15.7. The Labute approximate surface area is 196 Å². The number of ether oxygens (including phenoxy) is 1. The molecule has 1 atom stereocenters. The molecule has 4 heteroatoms. The molecule has 0 aromatic heterocycles. The third-order valence-electron chi connectivity index (χ3n) is 6.95.